The van der Waals surface area contributed by atoms with Crippen LogP contribution in [0.25, 0.3) is 0 Å². The molecule has 3 rings (SSSR count). The Labute approximate surface area is 165 Å². The number of carbonyl (C=O) groups excluding carboxylic acids is 3. The number of benzene rings is 1. The Kier molecular flexibility index (Phi) is 6.86. The third kappa shape index (κ3) is 5.45. The zero-order valence-electron chi connectivity index (χ0n) is 16.1. The van der Waals surface area contributed by atoms with Gasteiger partial charge in [0.2, 0.25) is 5.91 Å². The Hall–Kier alpha value is -2.61. The van der Waals surface area contributed by atoms with Gasteiger partial charge in [0, 0.05) is 31.7 Å². The molecule has 1 aromatic rings. The first-order chi connectivity index (χ1) is 13.5. The highest BCUT2D eigenvalue weighted by Crippen LogP contribution is 2.19. The average molecular weight is 387 g/mol. The Morgan fingerprint density at radius 1 is 1.11 bits per heavy atom. The molecule has 0 bridgehead atoms. The second-order valence-corrected chi connectivity index (χ2v) is 7.57. The van der Waals surface area contributed by atoms with Crippen molar-refractivity contribution in [2.45, 2.75) is 38.3 Å². The van der Waals surface area contributed by atoms with Crippen LogP contribution < -0.4 is 21.7 Å². The molecule has 152 valence electrons. The normalized spacial score (nSPS) is 21.9. The quantitative estimate of drug-likeness (QED) is 0.571. The largest absolute Gasteiger partial charge is 0.354 e. The van der Waals surface area contributed by atoms with Crippen LogP contribution in [0.15, 0.2) is 24.3 Å². The van der Waals surface area contributed by atoms with Gasteiger partial charge >= 0.3 is 6.03 Å². The monoisotopic (exact) mass is 387 g/mol. The van der Waals surface area contributed by atoms with Gasteiger partial charge in [0.25, 0.3) is 5.91 Å². The number of likely N-dealkylation sites (tertiary alicyclic amines) is 1. The lowest BCUT2D eigenvalue weighted by atomic mass is 9.97. The second-order valence-electron chi connectivity index (χ2n) is 7.57. The van der Waals surface area contributed by atoms with E-state index in [9.17, 15) is 14.4 Å². The van der Waals surface area contributed by atoms with Crippen molar-refractivity contribution in [3.8, 4) is 0 Å². The van der Waals surface area contributed by atoms with E-state index in [1.807, 2.05) is 17.0 Å². The summed E-state index contributed by atoms with van der Waals surface area (Å²) in [5.41, 5.74) is 6.58. The minimum atomic E-state index is -0.574. The summed E-state index contributed by atoms with van der Waals surface area (Å²) in [7, 11) is 0. The number of primary amides is 1. The first kappa shape index (κ1) is 20.1. The molecule has 2 atom stereocenters. The number of hydrogen-bond acceptors (Lipinski definition) is 4. The van der Waals surface area contributed by atoms with Gasteiger partial charge in [-0.25, -0.2) is 4.79 Å². The fraction of sp³-hybridized carbons (Fsp3) is 0.550. The number of piperidine rings is 1. The van der Waals surface area contributed by atoms with Crippen molar-refractivity contribution in [3.63, 3.8) is 0 Å². The minimum Gasteiger partial charge on any atom is -0.354 e. The topological polar surface area (TPSA) is 117 Å². The van der Waals surface area contributed by atoms with Gasteiger partial charge in [-0.2, -0.15) is 0 Å². The third-order valence-corrected chi connectivity index (χ3v) is 5.42. The summed E-state index contributed by atoms with van der Waals surface area (Å²) >= 11 is 0. The molecule has 0 aliphatic carbocycles. The lowest BCUT2D eigenvalue weighted by Crippen LogP contribution is -2.46. The van der Waals surface area contributed by atoms with Crippen LogP contribution in [0, 0.1) is 5.92 Å². The lowest BCUT2D eigenvalue weighted by molar-refractivity contribution is -0.123. The summed E-state index contributed by atoms with van der Waals surface area (Å²) in [5.74, 6) is 0.353. The standard InChI is InChI=1S/C20H29N5O3/c21-20(28)24-11-14-5-7-16(8-6-14)19(27)25-10-2-3-15(13-25)12-23-18(26)17-4-1-9-22-17/h5-8,15,17,22H,1-4,9-13H2,(H,23,26)(H3,21,24,28). The molecule has 4 amide bonds. The molecule has 0 spiro atoms. The summed E-state index contributed by atoms with van der Waals surface area (Å²) in [6, 6.07) is 6.55. The maximum absolute atomic E-state index is 12.8. The molecule has 2 aliphatic heterocycles. The molecule has 28 heavy (non-hydrogen) atoms. The third-order valence-electron chi connectivity index (χ3n) is 5.42. The fourth-order valence-corrected chi connectivity index (χ4v) is 3.83. The predicted octanol–water partition coefficient (Wildman–Crippen LogP) is 0.575. The van der Waals surface area contributed by atoms with Crippen molar-refractivity contribution in [2.75, 3.05) is 26.2 Å². The molecule has 2 heterocycles. The molecule has 0 radical (unpaired) electrons. The van der Waals surface area contributed by atoms with Gasteiger partial charge in [-0.3, -0.25) is 9.59 Å². The van der Waals surface area contributed by atoms with Crippen LogP contribution in [0.5, 0.6) is 0 Å². The van der Waals surface area contributed by atoms with Crippen molar-refractivity contribution in [2.24, 2.45) is 11.7 Å². The minimum absolute atomic E-state index is 0.00268. The first-order valence-electron chi connectivity index (χ1n) is 9.95. The van der Waals surface area contributed by atoms with Crippen LogP contribution in [0.4, 0.5) is 4.79 Å². The zero-order valence-corrected chi connectivity index (χ0v) is 16.1. The summed E-state index contributed by atoms with van der Waals surface area (Å²) in [5, 5.41) is 8.77. The van der Waals surface area contributed by atoms with Crippen molar-refractivity contribution in [3.05, 3.63) is 35.4 Å². The highest BCUT2D eigenvalue weighted by molar-refractivity contribution is 5.94. The van der Waals surface area contributed by atoms with Gasteiger partial charge in [-0.15, -0.1) is 0 Å². The number of nitrogens with one attached hydrogen (secondary N) is 3. The van der Waals surface area contributed by atoms with Crippen molar-refractivity contribution < 1.29 is 14.4 Å². The molecule has 2 fully saturated rings. The van der Waals surface area contributed by atoms with E-state index in [1.54, 1.807) is 12.1 Å². The Morgan fingerprint density at radius 3 is 2.57 bits per heavy atom. The smallest absolute Gasteiger partial charge is 0.312 e. The van der Waals surface area contributed by atoms with E-state index in [1.165, 1.54) is 0 Å². The van der Waals surface area contributed by atoms with Crippen LogP contribution in [0.3, 0.4) is 0 Å². The lowest BCUT2D eigenvalue weighted by Gasteiger charge is -2.33. The maximum atomic E-state index is 12.8. The molecular weight excluding hydrogens is 358 g/mol. The summed E-state index contributed by atoms with van der Waals surface area (Å²) < 4.78 is 0. The molecule has 2 saturated heterocycles. The van der Waals surface area contributed by atoms with Crippen LogP contribution in [0.1, 0.15) is 41.6 Å². The molecule has 2 unspecified atom stereocenters. The van der Waals surface area contributed by atoms with Gasteiger partial charge in [-0.05, 0) is 55.8 Å². The zero-order chi connectivity index (χ0) is 19.9. The number of nitrogens with zero attached hydrogens (tertiary/aromatic N) is 1. The Morgan fingerprint density at radius 2 is 1.89 bits per heavy atom. The molecule has 5 N–H and O–H groups in total. The van der Waals surface area contributed by atoms with E-state index < -0.39 is 6.03 Å². The number of nitrogens with two attached hydrogens (primary N) is 1. The molecule has 0 saturated carbocycles. The van der Waals surface area contributed by atoms with Gasteiger partial charge in [0.15, 0.2) is 0 Å². The van der Waals surface area contributed by atoms with E-state index >= 15 is 0 Å². The van der Waals surface area contributed by atoms with Crippen LogP contribution >= 0.6 is 0 Å². The SMILES string of the molecule is NC(=O)NCc1ccc(C(=O)N2CCCC(CNC(=O)C3CCCN3)C2)cc1. The van der Waals surface area contributed by atoms with E-state index in [2.05, 4.69) is 16.0 Å². The first-order valence-corrected chi connectivity index (χ1v) is 9.95. The molecule has 8 heteroatoms. The Bertz CT molecular complexity index is 700. The molecule has 2 aliphatic rings. The number of rotatable bonds is 6. The second kappa shape index (κ2) is 9.54. The number of amides is 4. The number of carbonyl (C=O) groups is 3. The Balaban J connectivity index is 1.49. The van der Waals surface area contributed by atoms with Crippen LogP contribution in [-0.4, -0.2) is 55.0 Å². The highest BCUT2D eigenvalue weighted by atomic mass is 16.2. The number of urea groups is 1. The molecular formula is C20H29N5O3. The summed E-state index contributed by atoms with van der Waals surface area (Å²) in [6.45, 7) is 3.24. The maximum Gasteiger partial charge on any atom is 0.312 e. The van der Waals surface area contributed by atoms with Crippen molar-refractivity contribution in [1.82, 2.24) is 20.9 Å². The molecule has 0 aromatic heterocycles. The van der Waals surface area contributed by atoms with Gasteiger partial charge in [0.05, 0.1) is 6.04 Å². The predicted molar refractivity (Wildman–Crippen MR) is 106 cm³/mol. The number of hydrogen-bond donors (Lipinski definition) is 4. The van der Waals surface area contributed by atoms with Crippen molar-refractivity contribution in [1.29, 1.82) is 0 Å². The van der Waals surface area contributed by atoms with E-state index in [4.69, 9.17) is 5.73 Å². The molecule has 1 aromatic carbocycles. The van der Waals surface area contributed by atoms with E-state index in [-0.39, 0.29) is 23.8 Å². The average Bonchev–Trinajstić information content (AvgIpc) is 3.25. The van der Waals surface area contributed by atoms with Gasteiger partial charge in [-0.1, -0.05) is 12.1 Å². The highest BCUT2D eigenvalue weighted by Gasteiger charge is 2.26. The van der Waals surface area contributed by atoms with Gasteiger partial charge in [0.1, 0.15) is 0 Å². The van der Waals surface area contributed by atoms with E-state index in [0.717, 1.165) is 44.3 Å². The summed E-state index contributed by atoms with van der Waals surface area (Å²) in [6.07, 6.45) is 3.89. The summed E-state index contributed by atoms with van der Waals surface area (Å²) in [4.78, 5) is 37.6. The van der Waals surface area contributed by atoms with E-state index in [0.29, 0.717) is 25.2 Å². The van der Waals surface area contributed by atoms with Gasteiger partial charge < -0.3 is 26.6 Å². The van der Waals surface area contributed by atoms with Crippen LogP contribution in [0.2, 0.25) is 0 Å². The van der Waals surface area contributed by atoms with Crippen molar-refractivity contribution >= 4 is 17.8 Å². The fourth-order valence-electron chi connectivity index (χ4n) is 3.83. The molecule has 8 nitrogen and oxygen atoms in total. The van der Waals surface area contributed by atoms with Crippen LogP contribution in [-0.2, 0) is 11.3 Å².